The number of amides is 2. The van der Waals surface area contributed by atoms with Gasteiger partial charge < -0.3 is 20.9 Å². The summed E-state index contributed by atoms with van der Waals surface area (Å²) in [6, 6.07) is 11.2. The summed E-state index contributed by atoms with van der Waals surface area (Å²) >= 11 is 0. The normalized spacial score (nSPS) is 30.2. The van der Waals surface area contributed by atoms with E-state index in [1.165, 1.54) is 6.42 Å². The monoisotopic (exact) mass is 434 g/mol. The molecule has 4 fully saturated rings. The van der Waals surface area contributed by atoms with E-state index in [9.17, 15) is 9.59 Å². The van der Waals surface area contributed by atoms with Crippen molar-refractivity contribution in [3.05, 3.63) is 58.7 Å². The number of primary amides is 2. The van der Waals surface area contributed by atoms with Crippen molar-refractivity contribution in [1.82, 2.24) is 0 Å². The van der Waals surface area contributed by atoms with Crippen LogP contribution in [-0.2, 0) is 10.8 Å². The maximum Gasteiger partial charge on any atom is 0.249 e. The van der Waals surface area contributed by atoms with Gasteiger partial charge in [-0.05, 0) is 109 Å². The zero-order valence-corrected chi connectivity index (χ0v) is 18.6. The molecule has 4 bridgehead atoms. The van der Waals surface area contributed by atoms with E-state index < -0.39 is 11.8 Å². The summed E-state index contributed by atoms with van der Waals surface area (Å²) in [6.07, 6.45) is 6.13. The third-order valence-electron chi connectivity index (χ3n) is 8.19. The summed E-state index contributed by atoms with van der Waals surface area (Å²) in [6.45, 7) is 0. The van der Waals surface area contributed by atoms with Crippen LogP contribution >= 0.6 is 0 Å². The highest BCUT2D eigenvalue weighted by Crippen LogP contribution is 2.67. The predicted octanol–water partition coefficient (Wildman–Crippen LogP) is 3.69. The summed E-state index contributed by atoms with van der Waals surface area (Å²) in [5.74, 6) is 1.69. The second kappa shape index (κ2) is 7.26. The molecule has 0 aromatic heterocycles. The minimum atomic E-state index is -0.411. The molecule has 6 rings (SSSR count). The third-order valence-corrected chi connectivity index (χ3v) is 8.19. The smallest absolute Gasteiger partial charge is 0.249 e. The van der Waals surface area contributed by atoms with E-state index in [2.05, 4.69) is 0 Å². The summed E-state index contributed by atoms with van der Waals surface area (Å²) < 4.78 is 11.0. The molecule has 0 atom stereocenters. The number of nitrogens with two attached hydrogens (primary N) is 2. The Morgan fingerprint density at radius 3 is 1.53 bits per heavy atom. The first-order valence-corrected chi connectivity index (χ1v) is 11.3. The van der Waals surface area contributed by atoms with Crippen molar-refractivity contribution in [1.29, 1.82) is 0 Å². The molecule has 4 N–H and O–H groups in total. The molecule has 0 saturated heterocycles. The highest BCUT2D eigenvalue weighted by atomic mass is 16.5. The number of carbonyl (C=O) groups is 2. The first-order chi connectivity index (χ1) is 15.3. The molecule has 6 nitrogen and oxygen atoms in total. The first-order valence-electron chi connectivity index (χ1n) is 11.3. The van der Waals surface area contributed by atoms with E-state index >= 15 is 0 Å². The van der Waals surface area contributed by atoms with Gasteiger partial charge in [-0.15, -0.1) is 0 Å². The average molecular weight is 435 g/mol. The number of benzene rings is 2. The second-order valence-electron chi connectivity index (χ2n) is 10.1. The van der Waals surface area contributed by atoms with Crippen molar-refractivity contribution >= 4 is 11.8 Å². The molecule has 4 aliphatic carbocycles. The molecule has 4 saturated carbocycles. The van der Waals surface area contributed by atoms with Crippen molar-refractivity contribution < 1.29 is 19.1 Å². The predicted molar refractivity (Wildman–Crippen MR) is 121 cm³/mol. The maximum atomic E-state index is 12.4. The van der Waals surface area contributed by atoms with Gasteiger partial charge in [0.1, 0.15) is 11.5 Å². The lowest BCUT2D eigenvalue weighted by Gasteiger charge is -2.63. The molecule has 2 aromatic rings. The van der Waals surface area contributed by atoms with Crippen LogP contribution < -0.4 is 20.9 Å². The van der Waals surface area contributed by atoms with Crippen LogP contribution in [-0.4, -0.2) is 26.0 Å². The Hall–Kier alpha value is -3.02. The highest BCUT2D eigenvalue weighted by molar-refractivity contribution is 5.96. The van der Waals surface area contributed by atoms with Crippen LogP contribution in [0.5, 0.6) is 11.5 Å². The maximum absolute atomic E-state index is 12.4. The van der Waals surface area contributed by atoms with Crippen LogP contribution in [0.25, 0.3) is 0 Å². The Kier molecular flexibility index (Phi) is 4.73. The van der Waals surface area contributed by atoms with E-state index in [1.807, 2.05) is 12.1 Å². The van der Waals surface area contributed by atoms with Crippen molar-refractivity contribution in [2.45, 2.75) is 49.4 Å². The van der Waals surface area contributed by atoms with Gasteiger partial charge in [-0.2, -0.15) is 0 Å². The molecule has 0 unspecified atom stereocenters. The minimum absolute atomic E-state index is 0.180. The van der Waals surface area contributed by atoms with Gasteiger partial charge in [-0.3, -0.25) is 9.59 Å². The van der Waals surface area contributed by atoms with Crippen LogP contribution in [0.15, 0.2) is 36.4 Å². The summed E-state index contributed by atoms with van der Waals surface area (Å²) in [4.78, 5) is 24.8. The van der Waals surface area contributed by atoms with E-state index in [0.29, 0.717) is 23.0 Å². The standard InChI is InChI=1S/C26H30N2O4/c1-31-17-3-5-19(23(27)29)21(8-17)25-10-15-7-16(11-25)13-26(12-15,14-25)22-9-18(32-2)4-6-20(22)24(28)30/h3-6,8-9,15-16H,7,10-14H2,1-2H3,(H2,27,29)(H2,28,30). The first kappa shape index (κ1) is 20.9. The summed E-state index contributed by atoms with van der Waals surface area (Å²) in [7, 11) is 3.28. The van der Waals surface area contributed by atoms with Crippen molar-refractivity contribution in [3.8, 4) is 11.5 Å². The number of rotatable bonds is 6. The van der Waals surface area contributed by atoms with Gasteiger partial charge in [0.2, 0.25) is 11.8 Å². The van der Waals surface area contributed by atoms with E-state index in [4.69, 9.17) is 20.9 Å². The molecule has 2 amide bonds. The van der Waals surface area contributed by atoms with Crippen LogP contribution in [0.2, 0.25) is 0 Å². The third kappa shape index (κ3) is 3.07. The molecule has 2 aromatic carbocycles. The molecular weight excluding hydrogens is 404 g/mol. The van der Waals surface area contributed by atoms with Gasteiger partial charge >= 0.3 is 0 Å². The van der Waals surface area contributed by atoms with Gasteiger partial charge in [-0.1, -0.05) is 0 Å². The molecular formula is C26H30N2O4. The Balaban J connectivity index is 1.69. The van der Waals surface area contributed by atoms with Gasteiger partial charge in [0, 0.05) is 11.1 Å². The summed E-state index contributed by atoms with van der Waals surface area (Å²) in [5, 5.41) is 0. The zero-order valence-electron chi connectivity index (χ0n) is 18.6. The zero-order chi connectivity index (χ0) is 22.7. The van der Waals surface area contributed by atoms with Gasteiger partial charge in [0.15, 0.2) is 0 Å². The lowest BCUT2D eigenvalue weighted by molar-refractivity contribution is -0.0287. The fourth-order valence-corrected chi connectivity index (χ4v) is 7.50. The molecule has 6 heteroatoms. The van der Waals surface area contributed by atoms with E-state index in [1.54, 1.807) is 38.5 Å². The topological polar surface area (TPSA) is 105 Å². The Morgan fingerprint density at radius 1 is 0.781 bits per heavy atom. The highest BCUT2D eigenvalue weighted by Gasteiger charge is 2.59. The minimum Gasteiger partial charge on any atom is -0.497 e. The summed E-state index contributed by atoms with van der Waals surface area (Å²) in [5.41, 5.74) is 14.4. The molecule has 0 aliphatic heterocycles. The lowest BCUT2D eigenvalue weighted by atomic mass is 9.41. The number of carbonyl (C=O) groups excluding carboxylic acids is 2. The second-order valence-corrected chi connectivity index (χ2v) is 10.1. The molecule has 0 heterocycles. The van der Waals surface area contributed by atoms with Gasteiger partial charge in [0.05, 0.1) is 14.2 Å². The number of hydrogen-bond acceptors (Lipinski definition) is 4. The van der Waals surface area contributed by atoms with Crippen LogP contribution in [0.1, 0.15) is 70.4 Å². The molecule has 168 valence electrons. The number of methoxy groups -OCH3 is 2. The molecule has 4 aliphatic rings. The van der Waals surface area contributed by atoms with E-state index in [-0.39, 0.29) is 10.8 Å². The average Bonchev–Trinajstić information content (AvgIpc) is 2.77. The largest absolute Gasteiger partial charge is 0.497 e. The van der Waals surface area contributed by atoms with Crippen molar-refractivity contribution in [2.24, 2.45) is 23.3 Å². The molecule has 0 radical (unpaired) electrons. The quantitative estimate of drug-likeness (QED) is 0.723. The van der Waals surface area contributed by atoms with Crippen LogP contribution in [0.4, 0.5) is 0 Å². The van der Waals surface area contributed by atoms with Crippen LogP contribution in [0, 0.1) is 11.8 Å². The van der Waals surface area contributed by atoms with Crippen LogP contribution in [0.3, 0.4) is 0 Å². The number of ether oxygens (including phenoxy) is 2. The number of hydrogen-bond donors (Lipinski definition) is 2. The molecule has 0 spiro atoms. The fourth-order valence-electron chi connectivity index (χ4n) is 7.50. The Morgan fingerprint density at radius 2 is 1.19 bits per heavy atom. The van der Waals surface area contributed by atoms with Gasteiger partial charge in [-0.25, -0.2) is 0 Å². The Bertz CT molecular complexity index is 1010. The Labute approximate surface area is 188 Å². The molecule has 32 heavy (non-hydrogen) atoms. The van der Waals surface area contributed by atoms with Crippen molar-refractivity contribution in [3.63, 3.8) is 0 Å². The van der Waals surface area contributed by atoms with Gasteiger partial charge in [0.25, 0.3) is 0 Å². The lowest BCUT2D eigenvalue weighted by Crippen LogP contribution is -2.56. The SMILES string of the molecule is COc1ccc(C(N)=O)c(C23CC4CC(C2)CC(c2cc(OC)ccc2C(N)=O)(C4)C3)c1. The van der Waals surface area contributed by atoms with Crippen molar-refractivity contribution in [2.75, 3.05) is 14.2 Å². The fraction of sp³-hybridized carbons (Fsp3) is 0.462. The van der Waals surface area contributed by atoms with E-state index in [0.717, 1.165) is 54.7 Å².